The second kappa shape index (κ2) is 7.41. The van der Waals surface area contributed by atoms with Gasteiger partial charge >= 0.3 is 12.1 Å². The lowest BCUT2D eigenvalue weighted by Crippen LogP contribution is -2.40. The summed E-state index contributed by atoms with van der Waals surface area (Å²) in [5.74, 6) is -1.73. The first-order valence-corrected chi connectivity index (χ1v) is 8.47. The van der Waals surface area contributed by atoms with E-state index in [-0.39, 0.29) is 32.9 Å². The van der Waals surface area contributed by atoms with Gasteiger partial charge in [0.2, 0.25) is 6.10 Å². The molecule has 1 N–H and O–H groups in total. The smallest absolute Gasteiger partial charge is 0.430 e. The Kier molecular flexibility index (Phi) is 5.32. The van der Waals surface area contributed by atoms with Gasteiger partial charge in [0.25, 0.3) is 0 Å². The number of fused-ring (bicyclic) bond motifs is 1. The number of benzene rings is 2. The Labute approximate surface area is 167 Å². The molecule has 0 aromatic heterocycles. The number of carboxylic acids is 1. The quantitative estimate of drug-likeness (QED) is 0.625. The first-order valence-electron chi connectivity index (χ1n) is 7.72. The van der Waals surface area contributed by atoms with Gasteiger partial charge in [-0.3, -0.25) is 0 Å². The van der Waals surface area contributed by atoms with Crippen LogP contribution in [-0.4, -0.2) is 23.4 Å². The van der Waals surface area contributed by atoms with Crippen LogP contribution in [0.5, 0.6) is 17.2 Å². The zero-order valence-electron chi connectivity index (χ0n) is 13.9. The molecule has 9 heteroatoms. The number of aliphatic carboxylic acids is 1. The maximum Gasteiger partial charge on any atom is 0.430 e. The summed E-state index contributed by atoms with van der Waals surface area (Å²) in [5, 5.41) is 9.35. The number of hydrogen-bond acceptors (Lipinski definition) is 3. The third-order valence-electron chi connectivity index (χ3n) is 3.86. The molecule has 1 heterocycles. The lowest BCUT2D eigenvalue weighted by atomic mass is 10.0. The molecule has 0 saturated carbocycles. The number of carboxylic acid groups (broad SMARTS) is 1. The molecule has 2 aromatic carbocycles. The first kappa shape index (κ1) is 20.1. The number of rotatable bonds is 4. The van der Waals surface area contributed by atoms with Crippen molar-refractivity contribution < 1.29 is 32.5 Å². The van der Waals surface area contributed by atoms with Gasteiger partial charge in [-0.1, -0.05) is 41.9 Å². The summed E-state index contributed by atoms with van der Waals surface area (Å²) in [6.45, 7) is 3.62. The molecular weight excluding hydrogens is 420 g/mol. The number of ether oxygens (including phenoxy) is 2. The molecule has 3 rings (SSSR count). The largest absolute Gasteiger partial charge is 0.478 e. The average molecular weight is 431 g/mol. The molecule has 0 fully saturated rings. The van der Waals surface area contributed by atoms with Crippen molar-refractivity contribution in [3.8, 4) is 17.2 Å². The van der Waals surface area contributed by atoms with E-state index in [1.165, 1.54) is 6.07 Å². The third kappa shape index (κ3) is 3.95. The van der Waals surface area contributed by atoms with Crippen molar-refractivity contribution in [1.82, 2.24) is 0 Å². The molecule has 0 amide bonds. The lowest BCUT2D eigenvalue weighted by molar-refractivity contribution is -0.187. The highest BCUT2D eigenvalue weighted by Crippen LogP contribution is 2.43. The summed E-state index contributed by atoms with van der Waals surface area (Å²) in [7, 11) is 0. The van der Waals surface area contributed by atoms with Crippen LogP contribution in [0.4, 0.5) is 13.2 Å². The molecule has 0 radical (unpaired) electrons. The highest BCUT2D eigenvalue weighted by Gasteiger charge is 2.48. The van der Waals surface area contributed by atoms with E-state index in [2.05, 4.69) is 6.58 Å². The minimum Gasteiger partial charge on any atom is -0.478 e. The van der Waals surface area contributed by atoms with Gasteiger partial charge in [-0.2, -0.15) is 13.2 Å². The van der Waals surface area contributed by atoms with E-state index in [9.17, 15) is 18.0 Å². The van der Waals surface area contributed by atoms with Crippen LogP contribution in [0.25, 0.3) is 12.2 Å². The summed E-state index contributed by atoms with van der Waals surface area (Å²) in [6, 6.07) is 7.24. The molecule has 146 valence electrons. The standard InChI is InChI=1S/C19H11Cl2F3O4/c1-2-9-3-4-14(12(20)5-9)27-16-8-15-10(7-13(16)21)6-11(18(25)26)17(28-15)19(22,23)24/h2-8,17H,1H2,(H,25,26). The Morgan fingerprint density at radius 3 is 2.43 bits per heavy atom. The normalized spacial score (nSPS) is 15.9. The molecule has 1 atom stereocenters. The molecule has 1 aliphatic rings. The molecule has 1 aliphatic heterocycles. The van der Waals surface area contributed by atoms with E-state index in [1.807, 2.05) is 0 Å². The van der Waals surface area contributed by atoms with Crippen LogP contribution in [0.2, 0.25) is 10.0 Å². The van der Waals surface area contributed by atoms with Crippen molar-refractivity contribution in [3.63, 3.8) is 0 Å². The summed E-state index contributed by atoms with van der Waals surface area (Å²) in [6.07, 6.45) is -5.06. The van der Waals surface area contributed by atoms with Gasteiger partial charge < -0.3 is 14.6 Å². The Hall–Kier alpha value is -2.64. The van der Waals surface area contributed by atoms with Crippen molar-refractivity contribution in [3.05, 3.63) is 63.7 Å². The minimum atomic E-state index is -4.91. The van der Waals surface area contributed by atoms with Crippen LogP contribution in [0.1, 0.15) is 11.1 Å². The lowest BCUT2D eigenvalue weighted by Gasteiger charge is -2.27. The number of carbonyl (C=O) groups is 1. The van der Waals surface area contributed by atoms with Gasteiger partial charge in [0.15, 0.2) is 0 Å². The molecule has 0 spiro atoms. The summed E-state index contributed by atoms with van der Waals surface area (Å²) in [4.78, 5) is 11.2. The number of hydrogen-bond donors (Lipinski definition) is 1. The Morgan fingerprint density at radius 2 is 1.86 bits per heavy atom. The van der Waals surface area contributed by atoms with Crippen molar-refractivity contribution in [2.45, 2.75) is 12.3 Å². The predicted octanol–water partition coefficient (Wildman–Crippen LogP) is 6.22. The van der Waals surface area contributed by atoms with Crippen LogP contribution < -0.4 is 9.47 Å². The molecule has 0 saturated heterocycles. The molecule has 1 unspecified atom stereocenters. The van der Waals surface area contributed by atoms with Crippen molar-refractivity contribution >= 4 is 41.3 Å². The fourth-order valence-corrected chi connectivity index (χ4v) is 2.98. The second-order valence-electron chi connectivity index (χ2n) is 5.76. The fraction of sp³-hybridized carbons (Fsp3) is 0.105. The van der Waals surface area contributed by atoms with Gasteiger partial charge in [0.1, 0.15) is 17.2 Å². The summed E-state index contributed by atoms with van der Waals surface area (Å²) < 4.78 is 50.1. The number of halogens is 5. The minimum absolute atomic E-state index is 0.00164. The predicted molar refractivity (Wildman–Crippen MR) is 99.2 cm³/mol. The molecule has 2 aromatic rings. The van der Waals surface area contributed by atoms with E-state index in [0.29, 0.717) is 0 Å². The Balaban J connectivity index is 2.01. The fourth-order valence-electron chi connectivity index (χ4n) is 2.54. The zero-order valence-corrected chi connectivity index (χ0v) is 15.4. The molecular formula is C19H11Cl2F3O4. The second-order valence-corrected chi connectivity index (χ2v) is 6.58. The van der Waals surface area contributed by atoms with Crippen molar-refractivity contribution in [2.24, 2.45) is 0 Å². The zero-order chi connectivity index (χ0) is 20.6. The van der Waals surface area contributed by atoms with Crippen LogP contribution in [-0.2, 0) is 4.79 Å². The molecule has 0 aliphatic carbocycles. The maximum atomic E-state index is 13.2. The van der Waals surface area contributed by atoms with Gasteiger partial charge in [-0.15, -0.1) is 0 Å². The monoisotopic (exact) mass is 430 g/mol. The summed E-state index contributed by atoms with van der Waals surface area (Å²) in [5.41, 5.74) is -0.104. The van der Waals surface area contributed by atoms with Crippen LogP contribution >= 0.6 is 23.2 Å². The van der Waals surface area contributed by atoms with E-state index in [4.69, 9.17) is 37.8 Å². The maximum absolute atomic E-state index is 13.2. The Bertz CT molecular complexity index is 999. The van der Waals surface area contributed by atoms with Crippen LogP contribution in [0.3, 0.4) is 0 Å². The Morgan fingerprint density at radius 1 is 1.18 bits per heavy atom. The van der Waals surface area contributed by atoms with Gasteiger partial charge in [-0.25, -0.2) is 4.79 Å². The van der Waals surface area contributed by atoms with Crippen molar-refractivity contribution in [2.75, 3.05) is 0 Å². The molecule has 28 heavy (non-hydrogen) atoms. The van der Waals surface area contributed by atoms with Crippen molar-refractivity contribution in [1.29, 1.82) is 0 Å². The molecule has 0 bridgehead atoms. The third-order valence-corrected chi connectivity index (χ3v) is 4.45. The van der Waals surface area contributed by atoms with Crippen LogP contribution in [0.15, 0.2) is 42.5 Å². The van der Waals surface area contributed by atoms with E-state index >= 15 is 0 Å². The number of alkyl halides is 3. The van der Waals surface area contributed by atoms with E-state index < -0.39 is 23.8 Å². The van der Waals surface area contributed by atoms with E-state index in [1.54, 1.807) is 24.3 Å². The molecule has 4 nitrogen and oxygen atoms in total. The average Bonchev–Trinajstić information content (AvgIpc) is 2.62. The highest BCUT2D eigenvalue weighted by molar-refractivity contribution is 6.33. The van der Waals surface area contributed by atoms with Crippen LogP contribution in [0, 0.1) is 0 Å². The highest BCUT2D eigenvalue weighted by atomic mass is 35.5. The van der Waals surface area contributed by atoms with Gasteiger partial charge in [0.05, 0.1) is 15.6 Å². The van der Waals surface area contributed by atoms with E-state index in [0.717, 1.165) is 17.7 Å². The summed E-state index contributed by atoms with van der Waals surface area (Å²) >= 11 is 12.3. The van der Waals surface area contributed by atoms with Gasteiger partial charge in [0, 0.05) is 11.6 Å². The first-order chi connectivity index (χ1) is 13.1. The van der Waals surface area contributed by atoms with Gasteiger partial charge in [-0.05, 0) is 29.8 Å². The SMILES string of the molecule is C=Cc1ccc(Oc2cc3c(cc2Cl)C=C(C(=O)O)C(C(F)(F)F)O3)c(Cl)c1. The topological polar surface area (TPSA) is 55.8 Å².